The van der Waals surface area contributed by atoms with E-state index >= 15 is 0 Å². The second kappa shape index (κ2) is 6.90. The molecular weight excluding hydrogens is 264 g/mol. The smallest absolute Gasteiger partial charge is 0.326 e. The van der Waals surface area contributed by atoms with Gasteiger partial charge in [0, 0.05) is 17.9 Å². The topological polar surface area (TPSA) is 52.6 Å². The zero-order chi connectivity index (χ0) is 15.2. The summed E-state index contributed by atoms with van der Waals surface area (Å²) in [6, 6.07) is 16.6. The first-order valence-electron chi connectivity index (χ1n) is 7.03. The first-order chi connectivity index (χ1) is 10.1. The van der Waals surface area contributed by atoms with Crippen molar-refractivity contribution >= 4 is 17.4 Å². The maximum atomic E-state index is 12.3. The molecule has 0 spiro atoms. The minimum atomic E-state index is -0.508. The summed E-state index contributed by atoms with van der Waals surface area (Å²) in [5.41, 5.74) is 2.39. The Labute approximate surface area is 125 Å². The molecule has 0 heterocycles. The Hall–Kier alpha value is -2.33. The number of hydrogen-bond donors (Lipinski definition) is 2. The Bertz CT molecular complexity index is 579. The summed E-state index contributed by atoms with van der Waals surface area (Å²) in [5, 5.41) is 12.3. The molecule has 0 aromatic heterocycles. The fourth-order valence-electron chi connectivity index (χ4n) is 2.09. The molecule has 0 aliphatic carbocycles. The van der Waals surface area contributed by atoms with Gasteiger partial charge in [0.2, 0.25) is 0 Å². The number of hydrogen-bond acceptors (Lipinski definition) is 2. The molecule has 2 amide bonds. The van der Waals surface area contributed by atoms with Crippen LogP contribution in [0.1, 0.15) is 25.5 Å². The van der Waals surface area contributed by atoms with E-state index in [0.717, 1.165) is 11.3 Å². The number of amides is 2. The van der Waals surface area contributed by atoms with E-state index < -0.39 is 6.10 Å². The molecule has 0 bridgehead atoms. The van der Waals surface area contributed by atoms with Gasteiger partial charge in [0.1, 0.15) is 0 Å². The van der Waals surface area contributed by atoms with E-state index in [9.17, 15) is 9.90 Å². The van der Waals surface area contributed by atoms with Crippen LogP contribution in [0, 0.1) is 0 Å². The molecule has 4 nitrogen and oxygen atoms in total. The van der Waals surface area contributed by atoms with Crippen molar-refractivity contribution in [1.82, 2.24) is 0 Å². The van der Waals surface area contributed by atoms with Crippen molar-refractivity contribution in [1.29, 1.82) is 0 Å². The number of aliphatic hydroxyl groups excluding tert-OH is 1. The van der Waals surface area contributed by atoms with Crippen LogP contribution in [0.4, 0.5) is 16.2 Å². The minimum absolute atomic E-state index is 0.173. The van der Waals surface area contributed by atoms with Gasteiger partial charge in [-0.05, 0) is 43.7 Å². The zero-order valence-corrected chi connectivity index (χ0v) is 12.3. The van der Waals surface area contributed by atoms with Crippen LogP contribution in [-0.2, 0) is 0 Å². The van der Waals surface area contributed by atoms with Crippen molar-refractivity contribution in [2.24, 2.45) is 0 Å². The quantitative estimate of drug-likeness (QED) is 0.897. The molecule has 1 atom stereocenters. The highest BCUT2D eigenvalue weighted by Gasteiger charge is 2.13. The van der Waals surface area contributed by atoms with E-state index in [-0.39, 0.29) is 6.03 Å². The minimum Gasteiger partial charge on any atom is -0.389 e. The Morgan fingerprint density at radius 1 is 1.14 bits per heavy atom. The first kappa shape index (κ1) is 15.1. The Morgan fingerprint density at radius 3 is 2.29 bits per heavy atom. The third-order valence-corrected chi connectivity index (χ3v) is 3.27. The van der Waals surface area contributed by atoms with Crippen LogP contribution in [0.15, 0.2) is 54.6 Å². The Kier molecular flexibility index (Phi) is 4.95. The van der Waals surface area contributed by atoms with Crippen molar-refractivity contribution in [2.45, 2.75) is 20.0 Å². The lowest BCUT2D eigenvalue weighted by Gasteiger charge is -2.21. The van der Waals surface area contributed by atoms with E-state index in [0.29, 0.717) is 12.2 Å². The van der Waals surface area contributed by atoms with Gasteiger partial charge < -0.3 is 10.4 Å². The number of carbonyl (C=O) groups excluding carboxylic acids is 1. The molecule has 0 saturated heterocycles. The average molecular weight is 284 g/mol. The predicted octanol–water partition coefficient (Wildman–Crippen LogP) is 3.80. The van der Waals surface area contributed by atoms with Crippen LogP contribution in [-0.4, -0.2) is 17.7 Å². The molecule has 2 aromatic carbocycles. The van der Waals surface area contributed by atoms with Crippen LogP contribution in [0.25, 0.3) is 0 Å². The van der Waals surface area contributed by atoms with Crippen LogP contribution in [0.3, 0.4) is 0 Å². The van der Waals surface area contributed by atoms with Gasteiger partial charge in [-0.1, -0.05) is 30.3 Å². The monoisotopic (exact) mass is 284 g/mol. The highest BCUT2D eigenvalue weighted by atomic mass is 16.3. The Morgan fingerprint density at radius 2 is 1.76 bits per heavy atom. The molecule has 1 unspecified atom stereocenters. The van der Waals surface area contributed by atoms with E-state index in [2.05, 4.69) is 5.32 Å². The largest absolute Gasteiger partial charge is 0.389 e. The maximum Gasteiger partial charge on any atom is 0.326 e. The number of nitrogens with one attached hydrogen (secondary N) is 1. The summed E-state index contributed by atoms with van der Waals surface area (Å²) >= 11 is 0. The van der Waals surface area contributed by atoms with E-state index in [1.807, 2.05) is 37.3 Å². The summed E-state index contributed by atoms with van der Waals surface area (Å²) < 4.78 is 0. The van der Waals surface area contributed by atoms with Crippen LogP contribution < -0.4 is 10.2 Å². The number of nitrogens with zero attached hydrogens (tertiary/aromatic N) is 1. The number of rotatable bonds is 4. The SMILES string of the molecule is CCN(C(=O)Nc1ccc(C(C)O)cc1)c1ccccc1. The van der Waals surface area contributed by atoms with Crippen molar-refractivity contribution in [3.8, 4) is 0 Å². The molecule has 2 rings (SSSR count). The predicted molar refractivity (Wildman–Crippen MR) is 85.6 cm³/mol. The molecular formula is C17H20N2O2. The molecule has 0 aliphatic heterocycles. The van der Waals surface area contributed by atoms with Gasteiger partial charge in [0.05, 0.1) is 6.10 Å². The van der Waals surface area contributed by atoms with Crippen molar-refractivity contribution < 1.29 is 9.90 Å². The van der Waals surface area contributed by atoms with Gasteiger partial charge in [0.15, 0.2) is 0 Å². The van der Waals surface area contributed by atoms with Gasteiger partial charge in [-0.15, -0.1) is 0 Å². The maximum absolute atomic E-state index is 12.3. The fraction of sp³-hybridized carbons (Fsp3) is 0.235. The molecule has 21 heavy (non-hydrogen) atoms. The number of carbonyl (C=O) groups is 1. The molecule has 0 aliphatic rings. The van der Waals surface area contributed by atoms with E-state index in [1.54, 1.807) is 36.1 Å². The van der Waals surface area contributed by atoms with Crippen molar-refractivity contribution in [3.05, 3.63) is 60.2 Å². The highest BCUT2D eigenvalue weighted by Crippen LogP contribution is 2.18. The van der Waals surface area contributed by atoms with Crippen molar-refractivity contribution in [2.75, 3.05) is 16.8 Å². The summed E-state index contributed by atoms with van der Waals surface area (Å²) in [7, 11) is 0. The number of aliphatic hydroxyl groups is 1. The molecule has 0 radical (unpaired) electrons. The number of benzene rings is 2. The van der Waals surface area contributed by atoms with E-state index in [4.69, 9.17) is 0 Å². The van der Waals surface area contributed by atoms with Crippen LogP contribution >= 0.6 is 0 Å². The summed E-state index contributed by atoms with van der Waals surface area (Å²) in [4.78, 5) is 14.0. The third-order valence-electron chi connectivity index (χ3n) is 3.27. The van der Waals surface area contributed by atoms with Crippen molar-refractivity contribution in [3.63, 3.8) is 0 Å². The molecule has 0 fully saturated rings. The third kappa shape index (κ3) is 3.83. The Balaban J connectivity index is 2.09. The van der Waals surface area contributed by atoms with Crippen LogP contribution in [0.5, 0.6) is 0 Å². The lowest BCUT2D eigenvalue weighted by molar-refractivity contribution is 0.199. The summed E-state index contributed by atoms with van der Waals surface area (Å²) in [6.45, 7) is 4.23. The van der Waals surface area contributed by atoms with Gasteiger partial charge in [-0.3, -0.25) is 4.90 Å². The number of anilines is 2. The molecule has 2 N–H and O–H groups in total. The number of urea groups is 1. The van der Waals surface area contributed by atoms with Gasteiger partial charge in [-0.2, -0.15) is 0 Å². The number of para-hydroxylation sites is 1. The summed E-state index contributed by atoms with van der Waals surface area (Å²) in [6.07, 6.45) is -0.508. The molecule has 110 valence electrons. The molecule has 4 heteroatoms. The first-order valence-corrected chi connectivity index (χ1v) is 7.03. The molecule has 0 saturated carbocycles. The normalized spacial score (nSPS) is 11.8. The fourth-order valence-corrected chi connectivity index (χ4v) is 2.09. The zero-order valence-electron chi connectivity index (χ0n) is 12.3. The van der Waals surface area contributed by atoms with Gasteiger partial charge in [0.25, 0.3) is 0 Å². The average Bonchev–Trinajstić information content (AvgIpc) is 2.49. The lowest BCUT2D eigenvalue weighted by Crippen LogP contribution is -2.34. The second-order valence-corrected chi connectivity index (χ2v) is 4.81. The molecule has 2 aromatic rings. The summed E-state index contributed by atoms with van der Waals surface area (Å²) in [5.74, 6) is 0. The van der Waals surface area contributed by atoms with Crippen LogP contribution in [0.2, 0.25) is 0 Å². The lowest BCUT2D eigenvalue weighted by atomic mass is 10.1. The second-order valence-electron chi connectivity index (χ2n) is 4.81. The standard InChI is InChI=1S/C17H20N2O2/c1-3-19(16-7-5-4-6-8-16)17(21)18-15-11-9-14(10-12-15)13(2)20/h4-13,20H,3H2,1-2H3,(H,18,21). The van der Waals surface area contributed by atoms with Gasteiger partial charge in [-0.25, -0.2) is 4.79 Å². The highest BCUT2D eigenvalue weighted by molar-refractivity contribution is 6.01. The van der Waals surface area contributed by atoms with Gasteiger partial charge >= 0.3 is 6.03 Å². The van der Waals surface area contributed by atoms with E-state index in [1.165, 1.54) is 0 Å².